The molecule has 6 heteroatoms. The number of unbranched alkanes of at least 4 members (excludes halogenated alkanes) is 1. The largest absolute Gasteiger partial charge is 0.435 e. The Balaban J connectivity index is 2.45. The van der Waals surface area contributed by atoms with Gasteiger partial charge in [0.25, 0.3) is 0 Å². The minimum Gasteiger partial charge on any atom is -0.430 e. The van der Waals surface area contributed by atoms with Gasteiger partial charge in [-0.3, -0.25) is 4.79 Å². The van der Waals surface area contributed by atoms with Crippen molar-refractivity contribution in [2.24, 2.45) is 5.92 Å². The van der Waals surface area contributed by atoms with Crippen molar-refractivity contribution in [3.63, 3.8) is 0 Å². The Morgan fingerprint density at radius 1 is 1.47 bits per heavy atom. The molecular formula is C13H26BNO4. The van der Waals surface area contributed by atoms with Crippen LogP contribution in [0, 0.1) is 5.92 Å². The Morgan fingerprint density at radius 2 is 2.21 bits per heavy atom. The molecule has 1 heterocycles. The van der Waals surface area contributed by atoms with Crippen molar-refractivity contribution in [3.8, 4) is 0 Å². The lowest BCUT2D eigenvalue weighted by atomic mass is 10.0. The summed E-state index contributed by atoms with van der Waals surface area (Å²) < 4.78 is 10.2. The second-order valence-electron chi connectivity index (χ2n) is 5.46. The lowest BCUT2D eigenvalue weighted by molar-refractivity contribution is -0.133. The summed E-state index contributed by atoms with van der Waals surface area (Å²) in [7, 11) is 1.40. The zero-order chi connectivity index (χ0) is 14.3. The Hall–Kier alpha value is -0.585. The molecule has 5 nitrogen and oxygen atoms in total. The van der Waals surface area contributed by atoms with E-state index in [1.165, 1.54) is 0 Å². The molecule has 0 saturated carbocycles. The number of hydrogen-bond acceptors (Lipinski definition) is 4. The number of rotatable bonds is 8. The average molecular weight is 271 g/mol. The molecule has 1 fully saturated rings. The molecule has 1 N–H and O–H groups in total. The van der Waals surface area contributed by atoms with Gasteiger partial charge in [-0.2, -0.15) is 0 Å². The molecule has 1 amide bonds. The quantitative estimate of drug-likeness (QED) is 0.521. The van der Waals surface area contributed by atoms with Crippen molar-refractivity contribution in [2.45, 2.75) is 51.7 Å². The van der Waals surface area contributed by atoms with Crippen LogP contribution in [0.2, 0.25) is 0 Å². The molecule has 110 valence electrons. The summed E-state index contributed by atoms with van der Waals surface area (Å²) in [5.74, 6) is 0.606. The molecule has 2 atom stereocenters. The van der Waals surface area contributed by atoms with Crippen LogP contribution < -0.4 is 0 Å². The smallest absolute Gasteiger partial charge is 0.430 e. The Morgan fingerprint density at radius 3 is 2.79 bits per heavy atom. The highest BCUT2D eigenvalue weighted by atomic mass is 16.5. The second kappa shape index (κ2) is 8.56. The molecule has 0 radical (unpaired) electrons. The number of nitrogens with zero attached hydrogens (tertiary/aromatic N) is 1. The van der Waals surface area contributed by atoms with Crippen molar-refractivity contribution < 1.29 is 19.2 Å². The number of amides is 1. The van der Waals surface area contributed by atoms with Crippen LogP contribution in [0.25, 0.3) is 0 Å². The van der Waals surface area contributed by atoms with Crippen LogP contribution in [0.5, 0.6) is 0 Å². The predicted octanol–water partition coefficient (Wildman–Crippen LogP) is 0.704. The molecular weight excluding hydrogens is 245 g/mol. The molecule has 1 unspecified atom stereocenters. The van der Waals surface area contributed by atoms with E-state index in [4.69, 9.17) is 14.4 Å². The molecule has 0 aromatic carbocycles. The molecule has 0 aromatic rings. The fourth-order valence-electron chi connectivity index (χ4n) is 2.64. The fourth-order valence-corrected chi connectivity index (χ4v) is 2.64. The van der Waals surface area contributed by atoms with Gasteiger partial charge < -0.3 is 19.3 Å². The van der Waals surface area contributed by atoms with E-state index in [1.807, 2.05) is 4.90 Å². The van der Waals surface area contributed by atoms with Gasteiger partial charge in [0.2, 0.25) is 5.91 Å². The van der Waals surface area contributed by atoms with Crippen molar-refractivity contribution in [2.75, 3.05) is 20.3 Å². The lowest BCUT2D eigenvalue weighted by Crippen LogP contribution is -2.38. The van der Waals surface area contributed by atoms with E-state index in [9.17, 15) is 4.79 Å². The van der Waals surface area contributed by atoms with Gasteiger partial charge in [-0.1, -0.05) is 13.8 Å². The van der Waals surface area contributed by atoms with E-state index >= 15 is 0 Å². The summed E-state index contributed by atoms with van der Waals surface area (Å²) in [6, 6.07) is 0.228. The molecule has 0 aromatic heterocycles. The maximum atomic E-state index is 12.2. The number of hydrogen-bond donors (Lipinski definition) is 1. The standard InChI is InChI=1S/C13H26BNO4/c1-10(2)12-8-11(19-14-17)9-15(12)13(16)6-4-5-7-18-3/h10-12,14,17H,4-9H2,1-3H3/t11-,12?/m1/s1. The monoisotopic (exact) mass is 271 g/mol. The van der Waals surface area contributed by atoms with E-state index in [-0.39, 0.29) is 25.7 Å². The minimum atomic E-state index is -0.272. The Kier molecular flexibility index (Phi) is 7.42. The fraction of sp³-hybridized carbons (Fsp3) is 0.923. The zero-order valence-corrected chi connectivity index (χ0v) is 12.3. The van der Waals surface area contributed by atoms with Gasteiger partial charge in [-0.05, 0) is 25.2 Å². The van der Waals surface area contributed by atoms with Gasteiger partial charge >= 0.3 is 7.69 Å². The maximum absolute atomic E-state index is 12.2. The summed E-state index contributed by atoms with van der Waals surface area (Å²) in [4.78, 5) is 14.2. The van der Waals surface area contributed by atoms with Crippen LogP contribution in [0.1, 0.15) is 39.5 Å². The third-order valence-electron chi connectivity index (χ3n) is 3.69. The van der Waals surface area contributed by atoms with Gasteiger partial charge in [0.15, 0.2) is 0 Å². The van der Waals surface area contributed by atoms with Crippen molar-refractivity contribution in [1.29, 1.82) is 0 Å². The van der Waals surface area contributed by atoms with E-state index in [2.05, 4.69) is 13.8 Å². The summed E-state index contributed by atoms with van der Waals surface area (Å²) in [5.41, 5.74) is 0. The Bertz CT molecular complexity index is 275. The van der Waals surface area contributed by atoms with E-state index < -0.39 is 0 Å². The molecule has 1 aliphatic rings. The normalized spacial score (nSPS) is 23.1. The maximum Gasteiger partial charge on any atom is 0.435 e. The first kappa shape index (κ1) is 16.5. The predicted molar refractivity (Wildman–Crippen MR) is 74.9 cm³/mol. The van der Waals surface area contributed by atoms with Crippen LogP contribution in [0.3, 0.4) is 0 Å². The second-order valence-corrected chi connectivity index (χ2v) is 5.46. The Labute approximate surface area is 116 Å². The highest BCUT2D eigenvalue weighted by Crippen LogP contribution is 2.26. The highest BCUT2D eigenvalue weighted by molar-refractivity contribution is 6.15. The zero-order valence-electron chi connectivity index (χ0n) is 12.3. The topological polar surface area (TPSA) is 59.0 Å². The number of methoxy groups -OCH3 is 1. The number of ether oxygens (including phenoxy) is 1. The van der Waals surface area contributed by atoms with Crippen LogP contribution in [-0.2, 0) is 14.2 Å². The van der Waals surface area contributed by atoms with E-state index in [1.54, 1.807) is 7.11 Å². The van der Waals surface area contributed by atoms with E-state index in [0.717, 1.165) is 19.3 Å². The first-order valence-corrected chi connectivity index (χ1v) is 7.11. The van der Waals surface area contributed by atoms with Crippen molar-refractivity contribution in [3.05, 3.63) is 0 Å². The van der Waals surface area contributed by atoms with Gasteiger partial charge in [-0.15, -0.1) is 0 Å². The molecule has 0 spiro atoms. The number of carbonyl (C=O) groups is 1. The first-order valence-electron chi connectivity index (χ1n) is 7.11. The summed E-state index contributed by atoms with van der Waals surface area (Å²) in [5, 5.41) is 8.84. The first-order chi connectivity index (χ1) is 9.10. The number of carbonyl (C=O) groups excluding carboxylic acids is 1. The van der Waals surface area contributed by atoms with Crippen LogP contribution in [0.15, 0.2) is 0 Å². The van der Waals surface area contributed by atoms with Gasteiger partial charge in [-0.25, -0.2) is 0 Å². The van der Waals surface area contributed by atoms with Gasteiger partial charge in [0.1, 0.15) is 0 Å². The molecule has 0 aliphatic carbocycles. The SMILES string of the molecule is COCCCCC(=O)N1C[C@H](OBO)CC1C(C)C. The summed E-state index contributed by atoms with van der Waals surface area (Å²) in [6.07, 6.45) is 3.14. The van der Waals surface area contributed by atoms with Crippen LogP contribution >= 0.6 is 0 Å². The van der Waals surface area contributed by atoms with Gasteiger partial charge in [0.05, 0.1) is 6.10 Å². The molecule has 0 bridgehead atoms. The average Bonchev–Trinajstić information content (AvgIpc) is 2.79. The van der Waals surface area contributed by atoms with E-state index in [0.29, 0.717) is 25.5 Å². The van der Waals surface area contributed by atoms with Gasteiger partial charge in [0, 0.05) is 32.7 Å². The van der Waals surface area contributed by atoms with Crippen LogP contribution in [0.4, 0.5) is 0 Å². The third-order valence-corrected chi connectivity index (χ3v) is 3.69. The molecule has 1 aliphatic heterocycles. The van der Waals surface area contributed by atoms with Crippen molar-refractivity contribution >= 4 is 13.6 Å². The lowest BCUT2D eigenvalue weighted by Gasteiger charge is -2.27. The summed E-state index contributed by atoms with van der Waals surface area (Å²) >= 11 is 0. The molecule has 1 saturated heterocycles. The third kappa shape index (κ3) is 5.13. The highest BCUT2D eigenvalue weighted by Gasteiger charge is 2.36. The van der Waals surface area contributed by atoms with Crippen LogP contribution in [-0.4, -0.2) is 55.9 Å². The number of likely N-dealkylation sites (tertiary alicyclic amines) is 1. The molecule has 19 heavy (non-hydrogen) atoms. The van der Waals surface area contributed by atoms with Crippen molar-refractivity contribution in [1.82, 2.24) is 4.90 Å². The summed E-state index contributed by atoms with van der Waals surface area (Å²) in [6.45, 7) is 5.55. The minimum absolute atomic E-state index is 0.0275. The molecule has 1 rings (SSSR count).